The average molecular weight is 305 g/mol. The monoisotopic (exact) mass is 305 g/mol. The molecule has 0 fully saturated rings. The van der Waals surface area contributed by atoms with E-state index in [1.165, 1.54) is 25.7 Å². The van der Waals surface area contributed by atoms with Crippen LogP contribution in [0.4, 0.5) is 0 Å². The quantitative estimate of drug-likeness (QED) is 0.390. The van der Waals surface area contributed by atoms with Crippen molar-refractivity contribution in [1.82, 2.24) is 0 Å². The fraction of sp³-hybridized carbons (Fsp3) is 1.00. The van der Waals surface area contributed by atoms with E-state index in [1.54, 1.807) is 0 Å². The summed E-state index contributed by atoms with van der Waals surface area (Å²) in [6.45, 7) is 15.8. The van der Waals surface area contributed by atoms with Crippen molar-refractivity contribution >= 4 is 19.3 Å². The number of hydrogen-bond acceptors (Lipinski definition) is 1. The van der Waals surface area contributed by atoms with Crippen molar-refractivity contribution in [2.75, 3.05) is 0 Å². The molecule has 0 spiro atoms. The van der Waals surface area contributed by atoms with Gasteiger partial charge in [-0.15, -0.1) is 0 Å². The van der Waals surface area contributed by atoms with E-state index in [9.17, 15) is 4.57 Å². The normalized spacial score (nSPS) is 19.7. The SMILES string of the molecule is CCCC(CC(C)CC(C)(C)C)C(C)(CC)[P+](=O)S. The third-order valence-corrected chi connectivity index (χ3v) is 7.24. The van der Waals surface area contributed by atoms with E-state index in [2.05, 4.69) is 60.7 Å². The largest absolute Gasteiger partial charge is 0.413 e. The first-order valence-electron chi connectivity index (χ1n) is 7.73. The second-order valence-electron chi connectivity index (χ2n) is 7.57. The van der Waals surface area contributed by atoms with Gasteiger partial charge in [-0.25, -0.2) is 0 Å². The van der Waals surface area contributed by atoms with E-state index >= 15 is 0 Å². The van der Waals surface area contributed by atoms with Crippen LogP contribution in [-0.2, 0) is 4.57 Å². The topological polar surface area (TPSA) is 17.1 Å². The highest BCUT2D eigenvalue weighted by Gasteiger charge is 2.47. The molecular formula is C16H34OPS+. The molecule has 0 N–H and O–H groups in total. The minimum absolute atomic E-state index is 0.111. The van der Waals surface area contributed by atoms with Crippen LogP contribution in [0, 0.1) is 17.3 Å². The van der Waals surface area contributed by atoms with Gasteiger partial charge in [0.2, 0.25) is 0 Å². The molecule has 3 heteroatoms. The van der Waals surface area contributed by atoms with E-state index in [0.717, 1.165) is 6.42 Å². The standard InChI is InChI=1S/C16H33OPS/c1-8-10-14(16(7,9-2)18(17)19)11-13(3)12-15(4,5)6/h13-14H,8-12H2,1-7H3/p+1. The zero-order chi connectivity index (χ0) is 15.3. The first-order chi connectivity index (χ1) is 8.56. The summed E-state index contributed by atoms with van der Waals surface area (Å²) in [5.74, 6) is 1.21. The molecule has 0 amide bonds. The molecule has 0 aliphatic carbocycles. The lowest BCUT2D eigenvalue weighted by Crippen LogP contribution is -2.31. The molecule has 0 heterocycles. The van der Waals surface area contributed by atoms with Gasteiger partial charge in [-0.3, -0.25) is 0 Å². The highest BCUT2D eigenvalue weighted by Crippen LogP contribution is 2.53. The highest BCUT2D eigenvalue weighted by atomic mass is 32.7. The lowest BCUT2D eigenvalue weighted by molar-refractivity contribution is 0.231. The predicted octanol–water partition coefficient (Wildman–Crippen LogP) is 6.71. The molecular weight excluding hydrogens is 271 g/mol. The maximum absolute atomic E-state index is 12.1. The van der Waals surface area contributed by atoms with Crippen molar-refractivity contribution in [2.24, 2.45) is 17.3 Å². The fourth-order valence-electron chi connectivity index (χ4n) is 3.23. The molecule has 0 aromatic rings. The Balaban J connectivity index is 4.87. The Morgan fingerprint density at radius 3 is 2.00 bits per heavy atom. The molecule has 1 nitrogen and oxygen atoms in total. The number of rotatable bonds is 8. The fourth-order valence-corrected chi connectivity index (χ4v) is 4.96. The van der Waals surface area contributed by atoms with Crippen LogP contribution < -0.4 is 0 Å². The van der Waals surface area contributed by atoms with Crippen molar-refractivity contribution in [3.05, 3.63) is 0 Å². The maximum Gasteiger partial charge on any atom is 0.413 e. The van der Waals surface area contributed by atoms with Crippen LogP contribution in [-0.4, -0.2) is 5.16 Å². The first-order valence-corrected chi connectivity index (χ1v) is 10.1. The highest BCUT2D eigenvalue weighted by molar-refractivity contribution is 8.41. The smallest absolute Gasteiger partial charge is 0.0654 e. The van der Waals surface area contributed by atoms with Crippen LogP contribution in [0.2, 0.25) is 0 Å². The molecule has 0 aliphatic rings. The van der Waals surface area contributed by atoms with Crippen LogP contribution in [0.3, 0.4) is 0 Å². The Kier molecular flexibility index (Phi) is 8.22. The Labute approximate surface area is 127 Å². The van der Waals surface area contributed by atoms with Crippen LogP contribution in [0.5, 0.6) is 0 Å². The first kappa shape index (κ1) is 19.4. The number of thiol groups is 1. The van der Waals surface area contributed by atoms with Crippen molar-refractivity contribution in [2.45, 2.75) is 85.7 Å². The lowest BCUT2D eigenvalue weighted by atomic mass is 9.76. The minimum Gasteiger partial charge on any atom is -0.0654 e. The second kappa shape index (κ2) is 8.03. The molecule has 0 bridgehead atoms. The molecule has 4 atom stereocenters. The maximum atomic E-state index is 12.1. The van der Waals surface area contributed by atoms with Gasteiger partial charge in [-0.2, -0.15) is 0 Å². The molecule has 4 unspecified atom stereocenters. The molecule has 0 aliphatic heterocycles. The van der Waals surface area contributed by atoms with Crippen molar-refractivity contribution in [3.63, 3.8) is 0 Å². The van der Waals surface area contributed by atoms with Crippen molar-refractivity contribution in [3.8, 4) is 0 Å². The van der Waals surface area contributed by atoms with Gasteiger partial charge in [0, 0.05) is 5.92 Å². The Morgan fingerprint density at radius 2 is 1.68 bits per heavy atom. The van der Waals surface area contributed by atoms with Gasteiger partial charge in [0.05, 0.1) is 0 Å². The summed E-state index contributed by atoms with van der Waals surface area (Å²) in [6.07, 6.45) is 5.70. The van der Waals surface area contributed by atoms with E-state index in [0.29, 0.717) is 17.3 Å². The van der Waals surface area contributed by atoms with E-state index < -0.39 is 7.00 Å². The minimum atomic E-state index is -1.42. The summed E-state index contributed by atoms with van der Waals surface area (Å²) in [5, 5.41) is -0.111. The predicted molar refractivity (Wildman–Crippen MR) is 91.5 cm³/mol. The molecule has 0 aromatic carbocycles. The Hall–Kier alpha value is 0.450. The molecule has 0 radical (unpaired) electrons. The molecule has 0 saturated carbocycles. The molecule has 114 valence electrons. The van der Waals surface area contributed by atoms with E-state index in [-0.39, 0.29) is 5.16 Å². The van der Waals surface area contributed by atoms with Gasteiger partial charge >= 0.3 is 7.00 Å². The molecule has 0 rings (SSSR count). The van der Waals surface area contributed by atoms with Crippen LogP contribution in [0.25, 0.3) is 0 Å². The van der Waals surface area contributed by atoms with Gasteiger partial charge < -0.3 is 0 Å². The average Bonchev–Trinajstić information content (AvgIpc) is 2.24. The third kappa shape index (κ3) is 6.63. The third-order valence-electron chi connectivity index (χ3n) is 4.32. The zero-order valence-electron chi connectivity index (χ0n) is 14.0. The summed E-state index contributed by atoms with van der Waals surface area (Å²) in [7, 11) is -1.42. The molecule has 0 aromatic heterocycles. The van der Waals surface area contributed by atoms with Crippen molar-refractivity contribution < 1.29 is 4.57 Å². The second-order valence-corrected chi connectivity index (χ2v) is 10.2. The summed E-state index contributed by atoms with van der Waals surface area (Å²) in [6, 6.07) is 0. The van der Waals surface area contributed by atoms with Crippen LogP contribution in [0.1, 0.15) is 80.6 Å². The summed E-state index contributed by atoms with van der Waals surface area (Å²) >= 11 is 4.31. The van der Waals surface area contributed by atoms with Gasteiger partial charge in [0.15, 0.2) is 5.16 Å². The van der Waals surface area contributed by atoms with Crippen molar-refractivity contribution in [1.29, 1.82) is 0 Å². The Morgan fingerprint density at radius 1 is 1.16 bits per heavy atom. The molecule has 0 saturated heterocycles. The summed E-state index contributed by atoms with van der Waals surface area (Å²) in [4.78, 5) is 0. The van der Waals surface area contributed by atoms with Crippen LogP contribution in [0.15, 0.2) is 0 Å². The van der Waals surface area contributed by atoms with Gasteiger partial charge in [0.1, 0.15) is 12.2 Å². The van der Waals surface area contributed by atoms with E-state index in [1.807, 2.05) is 0 Å². The van der Waals surface area contributed by atoms with Crippen LogP contribution >= 0.6 is 19.3 Å². The van der Waals surface area contributed by atoms with Gasteiger partial charge in [0.25, 0.3) is 0 Å². The van der Waals surface area contributed by atoms with E-state index in [4.69, 9.17) is 0 Å². The summed E-state index contributed by atoms with van der Waals surface area (Å²) in [5.41, 5.74) is 0.377. The Bertz CT molecular complexity index is 285. The lowest BCUT2D eigenvalue weighted by Gasteiger charge is -2.31. The van der Waals surface area contributed by atoms with Gasteiger partial charge in [-0.05, 0) is 43.9 Å². The summed E-state index contributed by atoms with van der Waals surface area (Å²) < 4.78 is 12.1. The van der Waals surface area contributed by atoms with Gasteiger partial charge in [-0.1, -0.05) is 52.5 Å². The molecule has 19 heavy (non-hydrogen) atoms. The number of hydrogen-bond donors (Lipinski definition) is 1. The zero-order valence-corrected chi connectivity index (χ0v) is 15.8.